The first kappa shape index (κ1) is 38.9. The van der Waals surface area contributed by atoms with Crippen LogP contribution in [0.5, 0.6) is 0 Å². The van der Waals surface area contributed by atoms with Gasteiger partial charge in [-0.3, -0.25) is 9.59 Å². The van der Waals surface area contributed by atoms with Crippen LogP contribution in [-0.4, -0.2) is 22.2 Å². The second kappa shape index (κ2) is 30.9. The van der Waals surface area contributed by atoms with E-state index < -0.39 is 11.9 Å². The van der Waals surface area contributed by atoms with Gasteiger partial charge in [0.25, 0.3) is 0 Å². The Hall–Kier alpha value is -1.06. The zero-order valence-corrected chi connectivity index (χ0v) is 27.1. The molecule has 0 saturated heterocycles. The Bertz CT molecular complexity index is 547. The van der Waals surface area contributed by atoms with Gasteiger partial charge in [-0.15, -0.1) is 0 Å². The molecule has 4 heteroatoms. The Morgan fingerprint density at radius 1 is 0.375 bits per heavy atom. The van der Waals surface area contributed by atoms with Crippen LogP contribution < -0.4 is 0 Å². The molecule has 2 N–H and O–H groups in total. The van der Waals surface area contributed by atoms with Gasteiger partial charge in [0.15, 0.2) is 0 Å². The number of carboxylic acids is 2. The van der Waals surface area contributed by atoms with Crippen molar-refractivity contribution in [2.75, 3.05) is 0 Å². The molecule has 0 aliphatic carbocycles. The van der Waals surface area contributed by atoms with E-state index in [1.165, 1.54) is 154 Å². The zero-order chi connectivity index (χ0) is 29.5. The zero-order valence-electron chi connectivity index (χ0n) is 27.1. The van der Waals surface area contributed by atoms with Crippen LogP contribution in [0.3, 0.4) is 0 Å². The summed E-state index contributed by atoms with van der Waals surface area (Å²) >= 11 is 0. The van der Waals surface area contributed by atoms with E-state index in [0.717, 1.165) is 37.5 Å². The summed E-state index contributed by atoms with van der Waals surface area (Å²) in [5.41, 5.74) is 0. The van der Waals surface area contributed by atoms with E-state index in [1.807, 2.05) is 0 Å². The lowest BCUT2D eigenvalue weighted by atomic mass is 9.78. The van der Waals surface area contributed by atoms with Gasteiger partial charge in [-0.1, -0.05) is 181 Å². The molecule has 0 heterocycles. The predicted octanol–water partition coefficient (Wildman–Crippen LogP) is 12.1. The summed E-state index contributed by atoms with van der Waals surface area (Å²) in [5, 5.41) is 17.7. The van der Waals surface area contributed by atoms with Gasteiger partial charge in [0.1, 0.15) is 0 Å². The van der Waals surface area contributed by atoms with E-state index in [2.05, 4.69) is 13.8 Å². The van der Waals surface area contributed by atoms with Gasteiger partial charge in [0.05, 0.1) is 0 Å². The van der Waals surface area contributed by atoms with Crippen LogP contribution in [0.2, 0.25) is 0 Å². The lowest BCUT2D eigenvalue weighted by Crippen LogP contribution is -2.16. The molecule has 0 spiro atoms. The number of aliphatic carboxylic acids is 2. The fourth-order valence-electron chi connectivity index (χ4n) is 6.38. The highest BCUT2D eigenvalue weighted by molar-refractivity contribution is 5.66. The standard InChI is InChI=1S/C36H70O4/c1-3-5-7-8-9-13-16-23-29-34(30-24-19-20-26-32-36(39)40)33(27-21-6-4-2)28-22-17-14-11-10-12-15-18-25-31-35(37)38/h33-34H,3-32H2,1-2H3,(H,37,38)(H,39,40). The number of unbranched alkanes of at least 4 members (excludes halogenated alkanes) is 20. The van der Waals surface area contributed by atoms with Gasteiger partial charge in [0.2, 0.25) is 0 Å². The largest absolute Gasteiger partial charge is 0.481 e. The fourth-order valence-corrected chi connectivity index (χ4v) is 6.38. The fraction of sp³-hybridized carbons (Fsp3) is 0.944. The number of carboxylic acid groups (broad SMARTS) is 2. The third-order valence-electron chi connectivity index (χ3n) is 8.95. The van der Waals surface area contributed by atoms with E-state index >= 15 is 0 Å². The lowest BCUT2D eigenvalue weighted by Gasteiger charge is -2.28. The van der Waals surface area contributed by atoms with Gasteiger partial charge in [-0.25, -0.2) is 0 Å². The van der Waals surface area contributed by atoms with Crippen LogP contribution in [0, 0.1) is 11.8 Å². The number of rotatable bonds is 33. The summed E-state index contributed by atoms with van der Waals surface area (Å²) in [7, 11) is 0. The summed E-state index contributed by atoms with van der Waals surface area (Å²) in [6, 6.07) is 0. The summed E-state index contributed by atoms with van der Waals surface area (Å²) < 4.78 is 0. The van der Waals surface area contributed by atoms with Gasteiger partial charge in [-0.05, 0) is 24.7 Å². The lowest BCUT2D eigenvalue weighted by molar-refractivity contribution is -0.138. The first-order valence-electron chi connectivity index (χ1n) is 17.9. The van der Waals surface area contributed by atoms with Crippen LogP contribution in [0.4, 0.5) is 0 Å². The normalized spacial score (nSPS) is 12.9. The van der Waals surface area contributed by atoms with Crippen molar-refractivity contribution < 1.29 is 19.8 Å². The molecule has 0 rings (SSSR count). The van der Waals surface area contributed by atoms with Gasteiger partial charge in [0, 0.05) is 12.8 Å². The first-order chi connectivity index (χ1) is 19.5. The van der Waals surface area contributed by atoms with Crippen molar-refractivity contribution in [3.63, 3.8) is 0 Å². The maximum Gasteiger partial charge on any atom is 0.303 e. The molecular formula is C36H70O4. The van der Waals surface area contributed by atoms with Crippen molar-refractivity contribution in [3.05, 3.63) is 0 Å². The van der Waals surface area contributed by atoms with Crippen molar-refractivity contribution in [2.45, 2.75) is 206 Å². The molecule has 0 aromatic carbocycles. The second-order valence-electron chi connectivity index (χ2n) is 12.7. The van der Waals surface area contributed by atoms with E-state index in [9.17, 15) is 9.59 Å². The SMILES string of the molecule is CCCCCCCCCCC(CCCCCCC(=O)O)C(CCCCC)CCCCCCCCCCCC(=O)O. The molecule has 0 aromatic rings. The summed E-state index contributed by atoms with van der Waals surface area (Å²) in [6.45, 7) is 4.61. The molecule has 2 atom stereocenters. The van der Waals surface area contributed by atoms with Crippen LogP contribution in [0.15, 0.2) is 0 Å². The Kier molecular flexibility index (Phi) is 30.1. The number of hydrogen-bond acceptors (Lipinski definition) is 2. The quantitative estimate of drug-likeness (QED) is 0.0775. The van der Waals surface area contributed by atoms with Crippen LogP contribution in [0.1, 0.15) is 206 Å². The van der Waals surface area contributed by atoms with Crippen molar-refractivity contribution in [3.8, 4) is 0 Å². The number of carbonyl (C=O) groups is 2. The highest BCUT2D eigenvalue weighted by Crippen LogP contribution is 2.33. The summed E-state index contributed by atoms with van der Waals surface area (Å²) in [4.78, 5) is 21.4. The molecule has 2 unspecified atom stereocenters. The number of hydrogen-bond donors (Lipinski definition) is 2. The predicted molar refractivity (Wildman–Crippen MR) is 172 cm³/mol. The minimum Gasteiger partial charge on any atom is -0.481 e. The Morgan fingerprint density at radius 2 is 0.600 bits per heavy atom. The second-order valence-corrected chi connectivity index (χ2v) is 12.7. The van der Waals surface area contributed by atoms with Crippen LogP contribution in [0.25, 0.3) is 0 Å². The third kappa shape index (κ3) is 28.5. The van der Waals surface area contributed by atoms with Crippen molar-refractivity contribution in [1.82, 2.24) is 0 Å². The van der Waals surface area contributed by atoms with Gasteiger partial charge < -0.3 is 10.2 Å². The monoisotopic (exact) mass is 567 g/mol. The highest BCUT2D eigenvalue weighted by Gasteiger charge is 2.20. The molecule has 0 amide bonds. The van der Waals surface area contributed by atoms with Crippen molar-refractivity contribution in [1.29, 1.82) is 0 Å². The summed E-state index contributed by atoms with van der Waals surface area (Å²) in [6.07, 6.45) is 36.9. The third-order valence-corrected chi connectivity index (χ3v) is 8.95. The van der Waals surface area contributed by atoms with Crippen molar-refractivity contribution in [2.24, 2.45) is 11.8 Å². The molecule has 40 heavy (non-hydrogen) atoms. The minimum atomic E-state index is -0.663. The molecule has 0 radical (unpaired) electrons. The van der Waals surface area contributed by atoms with E-state index in [-0.39, 0.29) is 0 Å². The average molecular weight is 567 g/mol. The molecule has 0 saturated carbocycles. The molecule has 0 fully saturated rings. The Balaban J connectivity index is 4.51. The van der Waals surface area contributed by atoms with E-state index in [4.69, 9.17) is 10.2 Å². The van der Waals surface area contributed by atoms with Crippen molar-refractivity contribution >= 4 is 11.9 Å². The molecule has 0 bridgehead atoms. The van der Waals surface area contributed by atoms with Gasteiger partial charge in [-0.2, -0.15) is 0 Å². The highest BCUT2D eigenvalue weighted by atomic mass is 16.4. The van der Waals surface area contributed by atoms with Crippen LogP contribution in [-0.2, 0) is 9.59 Å². The Morgan fingerprint density at radius 3 is 0.900 bits per heavy atom. The average Bonchev–Trinajstić information content (AvgIpc) is 2.92. The molecule has 4 nitrogen and oxygen atoms in total. The topological polar surface area (TPSA) is 74.6 Å². The molecule has 238 valence electrons. The molecular weight excluding hydrogens is 496 g/mol. The molecule has 0 aromatic heterocycles. The van der Waals surface area contributed by atoms with E-state index in [1.54, 1.807) is 0 Å². The maximum absolute atomic E-state index is 10.8. The molecule has 0 aliphatic rings. The summed E-state index contributed by atoms with van der Waals surface area (Å²) in [5.74, 6) is 0.426. The van der Waals surface area contributed by atoms with Gasteiger partial charge >= 0.3 is 11.9 Å². The molecule has 0 aliphatic heterocycles. The van der Waals surface area contributed by atoms with E-state index in [0.29, 0.717) is 12.8 Å². The van der Waals surface area contributed by atoms with Crippen LogP contribution >= 0.6 is 0 Å². The Labute approximate surface area is 249 Å². The maximum atomic E-state index is 10.8. The first-order valence-corrected chi connectivity index (χ1v) is 17.9. The smallest absolute Gasteiger partial charge is 0.303 e. The minimum absolute atomic E-state index is 0.324.